The second-order valence-corrected chi connectivity index (χ2v) is 4.89. The summed E-state index contributed by atoms with van der Waals surface area (Å²) in [4.78, 5) is 22.2. The Morgan fingerprint density at radius 2 is 1.84 bits per heavy atom. The lowest BCUT2D eigenvalue weighted by atomic mass is 10.1. The van der Waals surface area contributed by atoms with Crippen LogP contribution in [-0.4, -0.2) is 17.0 Å². The fraction of sp³-hybridized carbons (Fsp3) is 0.333. The molecule has 0 aromatic heterocycles. The van der Waals surface area contributed by atoms with E-state index in [2.05, 4.69) is 5.32 Å². The van der Waals surface area contributed by atoms with Crippen LogP contribution < -0.4 is 5.32 Å². The zero-order valence-corrected chi connectivity index (χ0v) is 11.7. The number of aliphatic carboxylic acids is 1. The van der Waals surface area contributed by atoms with Crippen LogP contribution in [0.4, 0.5) is 4.39 Å². The van der Waals surface area contributed by atoms with Crippen LogP contribution in [0.2, 0.25) is 10.0 Å². The quantitative estimate of drug-likeness (QED) is 0.663. The molecule has 19 heavy (non-hydrogen) atoms. The molecule has 7 heteroatoms. The highest BCUT2D eigenvalue weighted by molar-refractivity contribution is 6.35. The van der Waals surface area contributed by atoms with Crippen LogP contribution in [0.5, 0.6) is 0 Å². The summed E-state index contributed by atoms with van der Waals surface area (Å²) >= 11 is 11.5. The van der Waals surface area contributed by atoms with Crippen LogP contribution in [0.3, 0.4) is 0 Å². The summed E-state index contributed by atoms with van der Waals surface area (Å²) < 4.78 is 13.3. The van der Waals surface area contributed by atoms with Crippen molar-refractivity contribution in [3.63, 3.8) is 0 Å². The van der Waals surface area contributed by atoms with Crippen LogP contribution in [0.15, 0.2) is 12.1 Å². The number of halogens is 3. The Kier molecular flexibility index (Phi) is 5.14. The number of carboxylic acid groups (broad SMARTS) is 1. The molecule has 0 aliphatic carbocycles. The molecule has 0 radical (unpaired) electrons. The third-order valence-corrected chi connectivity index (χ3v) is 3.25. The number of nitrogens with one attached hydrogen (secondary N) is 1. The average Bonchev–Trinajstić information content (AvgIpc) is 2.32. The van der Waals surface area contributed by atoms with Gasteiger partial charge >= 0.3 is 5.97 Å². The lowest BCUT2D eigenvalue weighted by Gasteiger charge is -2.17. The molecular formula is C12H12Cl2FNO3. The van der Waals surface area contributed by atoms with Gasteiger partial charge in [0.1, 0.15) is 11.7 Å². The largest absolute Gasteiger partial charge is 0.481 e. The van der Waals surface area contributed by atoms with E-state index < -0.39 is 29.7 Å². The third kappa shape index (κ3) is 3.81. The maximum Gasteiger partial charge on any atom is 0.315 e. The van der Waals surface area contributed by atoms with Gasteiger partial charge < -0.3 is 10.4 Å². The summed E-state index contributed by atoms with van der Waals surface area (Å²) in [7, 11) is 0. The molecule has 1 rings (SSSR count). The van der Waals surface area contributed by atoms with Crippen molar-refractivity contribution >= 4 is 35.1 Å². The number of amides is 1. The maximum atomic E-state index is 13.3. The number of hydrogen-bond donors (Lipinski definition) is 2. The molecule has 2 atom stereocenters. The van der Waals surface area contributed by atoms with Crippen molar-refractivity contribution < 1.29 is 19.1 Å². The first-order valence-corrected chi connectivity index (χ1v) is 6.17. The Morgan fingerprint density at radius 3 is 2.37 bits per heavy atom. The predicted molar refractivity (Wildman–Crippen MR) is 69.8 cm³/mol. The topological polar surface area (TPSA) is 66.4 Å². The highest BCUT2D eigenvalue weighted by Gasteiger charge is 2.23. The molecule has 0 saturated carbocycles. The summed E-state index contributed by atoms with van der Waals surface area (Å²) in [5.41, 5.74) is 0.328. The molecule has 4 nitrogen and oxygen atoms in total. The van der Waals surface area contributed by atoms with Crippen molar-refractivity contribution in [1.29, 1.82) is 0 Å². The van der Waals surface area contributed by atoms with Gasteiger partial charge in [0.15, 0.2) is 0 Å². The highest BCUT2D eigenvalue weighted by atomic mass is 35.5. The average molecular weight is 308 g/mol. The Morgan fingerprint density at radius 1 is 1.26 bits per heavy atom. The second-order valence-electron chi connectivity index (χ2n) is 4.08. The number of hydrogen-bond acceptors (Lipinski definition) is 2. The van der Waals surface area contributed by atoms with Crippen molar-refractivity contribution in [2.75, 3.05) is 0 Å². The van der Waals surface area contributed by atoms with E-state index in [0.29, 0.717) is 5.56 Å². The molecular weight excluding hydrogens is 296 g/mol. The molecule has 1 aromatic carbocycles. The summed E-state index contributed by atoms with van der Waals surface area (Å²) in [5, 5.41) is 11.2. The highest BCUT2D eigenvalue weighted by Crippen LogP contribution is 2.28. The molecule has 0 aliphatic rings. The van der Waals surface area contributed by atoms with E-state index in [1.165, 1.54) is 13.0 Å². The van der Waals surface area contributed by atoms with Crippen LogP contribution in [0.1, 0.15) is 25.5 Å². The van der Waals surface area contributed by atoms with E-state index in [9.17, 15) is 14.0 Å². The van der Waals surface area contributed by atoms with Crippen molar-refractivity contribution in [2.24, 2.45) is 5.92 Å². The summed E-state index contributed by atoms with van der Waals surface area (Å²) in [6, 6.07) is 1.71. The normalized spacial score (nSPS) is 13.7. The van der Waals surface area contributed by atoms with Gasteiger partial charge in [0, 0.05) is 5.02 Å². The monoisotopic (exact) mass is 307 g/mol. The molecule has 0 bridgehead atoms. The predicted octanol–water partition coefficient (Wildman–Crippen LogP) is 3.03. The van der Waals surface area contributed by atoms with Crippen molar-refractivity contribution in [3.8, 4) is 0 Å². The lowest BCUT2D eigenvalue weighted by molar-refractivity contribution is -0.146. The van der Waals surface area contributed by atoms with E-state index in [1.54, 1.807) is 6.92 Å². The Hall–Kier alpha value is -1.33. The molecule has 0 aliphatic heterocycles. The first-order chi connectivity index (χ1) is 8.73. The molecule has 0 heterocycles. The third-order valence-electron chi connectivity index (χ3n) is 2.63. The fourth-order valence-corrected chi connectivity index (χ4v) is 1.94. The van der Waals surface area contributed by atoms with Crippen molar-refractivity contribution in [1.82, 2.24) is 5.32 Å². The van der Waals surface area contributed by atoms with Crippen LogP contribution in [0.25, 0.3) is 0 Å². The van der Waals surface area contributed by atoms with Gasteiger partial charge in [-0.25, -0.2) is 4.39 Å². The van der Waals surface area contributed by atoms with Gasteiger partial charge in [0.25, 0.3) is 0 Å². The standard InChI is InChI=1S/C12H12Cl2FNO3/c1-5(12(18)19)11(17)16-6(2)7-3-10(15)9(14)4-8(7)13/h3-6H,1-2H3,(H,16,17)(H,18,19). The molecule has 2 N–H and O–H groups in total. The van der Waals surface area contributed by atoms with Gasteiger partial charge in [0.05, 0.1) is 11.1 Å². The van der Waals surface area contributed by atoms with Crippen molar-refractivity contribution in [2.45, 2.75) is 19.9 Å². The minimum absolute atomic E-state index is 0.119. The first-order valence-electron chi connectivity index (χ1n) is 5.41. The molecule has 1 amide bonds. The van der Waals surface area contributed by atoms with Crippen LogP contribution in [0, 0.1) is 11.7 Å². The van der Waals surface area contributed by atoms with Crippen molar-refractivity contribution in [3.05, 3.63) is 33.6 Å². The number of carbonyl (C=O) groups is 2. The minimum atomic E-state index is -1.24. The Labute approximate surface area is 119 Å². The SMILES string of the molecule is CC(C(=O)O)C(=O)NC(C)c1cc(F)c(Cl)cc1Cl. The van der Waals surface area contributed by atoms with E-state index in [1.807, 2.05) is 0 Å². The van der Waals surface area contributed by atoms with Gasteiger partial charge in [-0.2, -0.15) is 0 Å². The van der Waals surface area contributed by atoms with Gasteiger partial charge in [-0.1, -0.05) is 23.2 Å². The van der Waals surface area contributed by atoms with Gasteiger partial charge in [0.2, 0.25) is 5.91 Å². The second kappa shape index (κ2) is 6.21. The zero-order valence-electron chi connectivity index (χ0n) is 10.2. The molecule has 2 unspecified atom stereocenters. The minimum Gasteiger partial charge on any atom is -0.481 e. The Balaban J connectivity index is 2.90. The molecule has 0 fully saturated rings. The zero-order chi connectivity index (χ0) is 14.7. The molecule has 0 spiro atoms. The van der Waals surface area contributed by atoms with Gasteiger partial charge in [-0.05, 0) is 31.5 Å². The maximum absolute atomic E-state index is 13.3. The number of benzene rings is 1. The fourth-order valence-electron chi connectivity index (χ4n) is 1.40. The number of carboxylic acids is 1. The smallest absolute Gasteiger partial charge is 0.315 e. The van der Waals surface area contributed by atoms with Crippen LogP contribution >= 0.6 is 23.2 Å². The van der Waals surface area contributed by atoms with Gasteiger partial charge in [-0.3, -0.25) is 9.59 Å². The number of carbonyl (C=O) groups excluding carboxylic acids is 1. The molecule has 104 valence electrons. The summed E-state index contributed by atoms with van der Waals surface area (Å²) in [6.45, 7) is 2.83. The Bertz CT molecular complexity index is 522. The van der Waals surface area contributed by atoms with Crippen LogP contribution in [-0.2, 0) is 9.59 Å². The van der Waals surface area contributed by atoms with Gasteiger partial charge in [-0.15, -0.1) is 0 Å². The van der Waals surface area contributed by atoms with E-state index in [4.69, 9.17) is 28.3 Å². The molecule has 1 aromatic rings. The number of rotatable bonds is 4. The first kappa shape index (κ1) is 15.7. The van der Waals surface area contributed by atoms with E-state index >= 15 is 0 Å². The molecule has 0 saturated heterocycles. The van der Waals surface area contributed by atoms with E-state index in [-0.39, 0.29) is 10.0 Å². The summed E-state index contributed by atoms with van der Waals surface area (Å²) in [5.74, 6) is -3.77. The van der Waals surface area contributed by atoms with E-state index in [0.717, 1.165) is 6.07 Å². The summed E-state index contributed by atoms with van der Waals surface area (Å²) in [6.07, 6.45) is 0. The lowest BCUT2D eigenvalue weighted by Crippen LogP contribution is -2.35.